The van der Waals surface area contributed by atoms with Crippen LogP contribution in [0.4, 0.5) is 0 Å². The molecule has 0 fully saturated rings. The van der Waals surface area contributed by atoms with E-state index in [9.17, 15) is 0 Å². The Morgan fingerprint density at radius 1 is 1.24 bits per heavy atom. The number of thiophene rings is 1. The predicted octanol–water partition coefficient (Wildman–Crippen LogP) is 4.34. The third-order valence-corrected chi connectivity index (χ3v) is 3.77. The summed E-state index contributed by atoms with van der Waals surface area (Å²) in [6.07, 6.45) is 3.89. The van der Waals surface area contributed by atoms with E-state index in [1.54, 1.807) is 0 Å². The highest BCUT2D eigenvalue weighted by Gasteiger charge is 2.11. The fraction of sp³-hybridized carbons (Fsp3) is 0.733. The molecule has 1 rings (SSSR count). The van der Waals surface area contributed by atoms with E-state index in [0.717, 1.165) is 11.8 Å². The van der Waals surface area contributed by atoms with E-state index in [2.05, 4.69) is 49.8 Å². The van der Waals surface area contributed by atoms with Gasteiger partial charge >= 0.3 is 0 Å². The van der Waals surface area contributed by atoms with Gasteiger partial charge in [-0.15, -0.1) is 0 Å². The van der Waals surface area contributed by atoms with Gasteiger partial charge in [0.05, 0.1) is 0 Å². The van der Waals surface area contributed by atoms with Crippen LogP contribution >= 0.6 is 11.3 Å². The molecule has 1 heterocycles. The third-order valence-electron chi connectivity index (χ3n) is 3.04. The van der Waals surface area contributed by atoms with Gasteiger partial charge in [0, 0.05) is 6.04 Å². The van der Waals surface area contributed by atoms with Crippen molar-refractivity contribution in [2.75, 3.05) is 6.54 Å². The van der Waals surface area contributed by atoms with Crippen molar-refractivity contribution in [1.82, 2.24) is 5.32 Å². The molecule has 1 N–H and O–H groups in total. The van der Waals surface area contributed by atoms with E-state index >= 15 is 0 Å². The van der Waals surface area contributed by atoms with Crippen molar-refractivity contribution >= 4 is 11.3 Å². The van der Waals surface area contributed by atoms with Crippen LogP contribution in [0.1, 0.15) is 46.1 Å². The molecule has 0 aliphatic rings. The van der Waals surface area contributed by atoms with Crippen molar-refractivity contribution in [3.05, 3.63) is 22.4 Å². The van der Waals surface area contributed by atoms with Crippen LogP contribution in [-0.4, -0.2) is 12.6 Å². The molecular formula is C15H27NS. The molecule has 0 aliphatic carbocycles. The number of rotatable bonds is 8. The molecule has 0 bridgehead atoms. The fourth-order valence-electron chi connectivity index (χ4n) is 2.18. The summed E-state index contributed by atoms with van der Waals surface area (Å²) in [7, 11) is 0. The summed E-state index contributed by atoms with van der Waals surface area (Å²) in [5, 5.41) is 8.04. The molecule has 1 nitrogen and oxygen atoms in total. The Bertz CT molecular complexity index is 277. The van der Waals surface area contributed by atoms with E-state index in [1.807, 2.05) is 11.3 Å². The van der Waals surface area contributed by atoms with Gasteiger partial charge in [-0.25, -0.2) is 0 Å². The molecule has 0 spiro atoms. The molecule has 1 atom stereocenters. The summed E-state index contributed by atoms with van der Waals surface area (Å²) in [5.41, 5.74) is 1.51. The molecule has 1 unspecified atom stereocenters. The summed E-state index contributed by atoms with van der Waals surface area (Å²) >= 11 is 1.81. The van der Waals surface area contributed by atoms with Crippen LogP contribution in [0.2, 0.25) is 0 Å². The average Bonchev–Trinajstić information content (AvgIpc) is 2.74. The third kappa shape index (κ3) is 6.85. The number of hydrogen-bond acceptors (Lipinski definition) is 2. The summed E-state index contributed by atoms with van der Waals surface area (Å²) in [6.45, 7) is 10.3. The molecule has 0 aromatic carbocycles. The van der Waals surface area contributed by atoms with Crippen molar-refractivity contribution in [1.29, 1.82) is 0 Å². The fourth-order valence-corrected chi connectivity index (χ4v) is 2.88. The molecule has 2 heteroatoms. The minimum atomic E-state index is 0.603. The second-order valence-electron chi connectivity index (χ2n) is 5.73. The van der Waals surface area contributed by atoms with Gasteiger partial charge < -0.3 is 5.32 Å². The average molecular weight is 253 g/mol. The topological polar surface area (TPSA) is 12.0 Å². The Balaban J connectivity index is 2.34. The minimum absolute atomic E-state index is 0.603. The second-order valence-corrected chi connectivity index (χ2v) is 6.51. The predicted molar refractivity (Wildman–Crippen MR) is 78.7 cm³/mol. The molecule has 0 saturated carbocycles. The number of hydrogen-bond donors (Lipinski definition) is 1. The van der Waals surface area contributed by atoms with E-state index in [4.69, 9.17) is 0 Å². The van der Waals surface area contributed by atoms with Gasteiger partial charge in [0.15, 0.2) is 0 Å². The Morgan fingerprint density at radius 2 is 2.00 bits per heavy atom. The highest BCUT2D eigenvalue weighted by molar-refractivity contribution is 7.07. The van der Waals surface area contributed by atoms with Crippen molar-refractivity contribution < 1.29 is 0 Å². The van der Waals surface area contributed by atoms with Crippen LogP contribution in [0.3, 0.4) is 0 Å². The van der Waals surface area contributed by atoms with Crippen LogP contribution in [0.25, 0.3) is 0 Å². The SMILES string of the molecule is CC(C)CC(CCc1ccsc1)CNC(C)C. The molecule has 0 saturated heterocycles. The maximum atomic E-state index is 3.58. The normalized spacial score (nSPS) is 13.5. The lowest BCUT2D eigenvalue weighted by Gasteiger charge is -2.21. The minimum Gasteiger partial charge on any atom is -0.314 e. The largest absolute Gasteiger partial charge is 0.314 e. The first-order chi connectivity index (χ1) is 8.08. The van der Waals surface area contributed by atoms with Crippen LogP contribution in [0.15, 0.2) is 16.8 Å². The van der Waals surface area contributed by atoms with Crippen LogP contribution in [0, 0.1) is 11.8 Å². The van der Waals surface area contributed by atoms with Crippen LogP contribution < -0.4 is 5.32 Å². The van der Waals surface area contributed by atoms with E-state index in [-0.39, 0.29) is 0 Å². The highest BCUT2D eigenvalue weighted by Crippen LogP contribution is 2.18. The molecule has 0 radical (unpaired) electrons. The van der Waals surface area contributed by atoms with Crippen molar-refractivity contribution in [2.45, 2.75) is 53.0 Å². The van der Waals surface area contributed by atoms with Gasteiger partial charge in [0.2, 0.25) is 0 Å². The Labute approximate surface area is 111 Å². The number of nitrogens with one attached hydrogen (secondary N) is 1. The van der Waals surface area contributed by atoms with Crippen molar-refractivity contribution in [3.8, 4) is 0 Å². The molecule has 1 aromatic rings. The summed E-state index contributed by atoms with van der Waals surface area (Å²) < 4.78 is 0. The van der Waals surface area contributed by atoms with Gasteiger partial charge in [0.25, 0.3) is 0 Å². The Kier molecular flexibility index (Phi) is 6.83. The van der Waals surface area contributed by atoms with E-state index in [0.29, 0.717) is 6.04 Å². The van der Waals surface area contributed by atoms with E-state index in [1.165, 1.54) is 31.4 Å². The van der Waals surface area contributed by atoms with Crippen LogP contribution in [0.5, 0.6) is 0 Å². The van der Waals surface area contributed by atoms with Gasteiger partial charge in [-0.2, -0.15) is 11.3 Å². The Hall–Kier alpha value is -0.340. The zero-order valence-corrected chi connectivity index (χ0v) is 12.5. The monoisotopic (exact) mass is 253 g/mol. The molecule has 98 valence electrons. The lowest BCUT2D eigenvalue weighted by atomic mass is 9.91. The van der Waals surface area contributed by atoms with E-state index < -0.39 is 0 Å². The quantitative estimate of drug-likeness (QED) is 0.726. The standard InChI is InChI=1S/C15H27NS/c1-12(2)9-15(10-16-13(3)4)6-5-14-7-8-17-11-14/h7-8,11-13,15-16H,5-6,9-10H2,1-4H3. The van der Waals surface area contributed by atoms with Gasteiger partial charge in [-0.1, -0.05) is 27.7 Å². The highest BCUT2D eigenvalue weighted by atomic mass is 32.1. The molecule has 0 aliphatic heterocycles. The zero-order valence-electron chi connectivity index (χ0n) is 11.7. The molecular weight excluding hydrogens is 226 g/mol. The smallest absolute Gasteiger partial charge is 0.00104 e. The first-order valence-electron chi connectivity index (χ1n) is 6.82. The summed E-state index contributed by atoms with van der Waals surface area (Å²) in [6, 6.07) is 2.86. The van der Waals surface area contributed by atoms with Gasteiger partial charge in [-0.05, 0) is 60.0 Å². The van der Waals surface area contributed by atoms with Crippen molar-refractivity contribution in [3.63, 3.8) is 0 Å². The van der Waals surface area contributed by atoms with Gasteiger partial charge in [0.1, 0.15) is 0 Å². The lowest BCUT2D eigenvalue weighted by molar-refractivity contribution is 0.356. The number of aryl methyl sites for hydroxylation is 1. The maximum absolute atomic E-state index is 3.58. The first kappa shape index (κ1) is 14.7. The lowest BCUT2D eigenvalue weighted by Crippen LogP contribution is -2.29. The molecule has 1 aromatic heterocycles. The summed E-state index contributed by atoms with van der Waals surface area (Å²) in [4.78, 5) is 0. The zero-order chi connectivity index (χ0) is 12.7. The van der Waals surface area contributed by atoms with Gasteiger partial charge in [-0.3, -0.25) is 0 Å². The second kappa shape index (κ2) is 7.88. The maximum Gasteiger partial charge on any atom is 0.00104 e. The van der Waals surface area contributed by atoms with Crippen molar-refractivity contribution in [2.24, 2.45) is 11.8 Å². The van der Waals surface area contributed by atoms with Crippen LogP contribution in [-0.2, 0) is 6.42 Å². The Morgan fingerprint density at radius 3 is 2.53 bits per heavy atom. The first-order valence-corrected chi connectivity index (χ1v) is 7.76. The summed E-state index contributed by atoms with van der Waals surface area (Å²) in [5.74, 6) is 1.62. The molecule has 17 heavy (non-hydrogen) atoms. The molecule has 0 amide bonds.